The van der Waals surface area contributed by atoms with E-state index in [0.29, 0.717) is 24.2 Å². The van der Waals surface area contributed by atoms with E-state index in [-0.39, 0.29) is 23.3 Å². The lowest BCUT2D eigenvalue weighted by Gasteiger charge is -2.59. The SMILES string of the molecule is CC(NC(=O)c1cccc2c1C(=O)N(Cc1cccnc1)C2)C12CC3CC(CC(C3)C1)C2. The Labute approximate surface area is 189 Å². The maximum atomic E-state index is 13.4. The second-order valence-electron chi connectivity index (χ2n) is 10.8. The van der Waals surface area contributed by atoms with E-state index in [9.17, 15) is 9.59 Å². The van der Waals surface area contributed by atoms with Gasteiger partial charge in [-0.3, -0.25) is 14.6 Å². The molecule has 4 saturated carbocycles. The molecule has 32 heavy (non-hydrogen) atoms. The van der Waals surface area contributed by atoms with Crippen LogP contribution in [0.3, 0.4) is 0 Å². The molecule has 0 radical (unpaired) electrons. The number of hydrogen-bond acceptors (Lipinski definition) is 3. The molecule has 2 heterocycles. The maximum absolute atomic E-state index is 13.4. The summed E-state index contributed by atoms with van der Waals surface area (Å²) < 4.78 is 0. The van der Waals surface area contributed by atoms with Gasteiger partial charge in [-0.05, 0) is 91.9 Å². The van der Waals surface area contributed by atoms with Gasteiger partial charge in [-0.15, -0.1) is 0 Å². The molecule has 1 aromatic heterocycles. The van der Waals surface area contributed by atoms with E-state index in [1.807, 2.05) is 30.3 Å². The Balaban J connectivity index is 1.21. The molecule has 1 atom stereocenters. The smallest absolute Gasteiger partial charge is 0.255 e. The van der Waals surface area contributed by atoms with Crippen molar-refractivity contribution in [1.82, 2.24) is 15.2 Å². The van der Waals surface area contributed by atoms with Crippen molar-refractivity contribution in [3.63, 3.8) is 0 Å². The first-order valence-corrected chi connectivity index (χ1v) is 12.1. The van der Waals surface area contributed by atoms with Crippen molar-refractivity contribution in [3.8, 4) is 0 Å². The van der Waals surface area contributed by atoms with Gasteiger partial charge in [-0.25, -0.2) is 0 Å². The summed E-state index contributed by atoms with van der Waals surface area (Å²) in [4.78, 5) is 32.6. The third-order valence-electron chi connectivity index (χ3n) is 8.71. The topological polar surface area (TPSA) is 62.3 Å². The first-order chi connectivity index (χ1) is 15.5. The van der Waals surface area contributed by atoms with Crippen LogP contribution in [0.5, 0.6) is 0 Å². The van der Waals surface area contributed by atoms with Gasteiger partial charge < -0.3 is 10.2 Å². The molecule has 2 aromatic rings. The molecule has 166 valence electrons. The number of nitrogens with one attached hydrogen (secondary N) is 1. The van der Waals surface area contributed by atoms with Crippen LogP contribution in [0.15, 0.2) is 42.7 Å². The van der Waals surface area contributed by atoms with Gasteiger partial charge in [0.25, 0.3) is 11.8 Å². The van der Waals surface area contributed by atoms with Crippen molar-refractivity contribution in [2.75, 3.05) is 0 Å². The molecular weight excluding hydrogens is 398 g/mol. The van der Waals surface area contributed by atoms with Gasteiger partial charge in [0.2, 0.25) is 0 Å². The maximum Gasteiger partial charge on any atom is 0.255 e. The average molecular weight is 430 g/mol. The van der Waals surface area contributed by atoms with E-state index in [4.69, 9.17) is 0 Å². The summed E-state index contributed by atoms with van der Waals surface area (Å²) >= 11 is 0. The third kappa shape index (κ3) is 3.25. The number of carbonyl (C=O) groups excluding carboxylic acids is 2. The van der Waals surface area contributed by atoms with Crippen molar-refractivity contribution >= 4 is 11.8 Å². The van der Waals surface area contributed by atoms with Crippen molar-refractivity contribution in [2.45, 2.75) is 64.6 Å². The second kappa shape index (κ2) is 7.43. The van der Waals surface area contributed by atoms with E-state index < -0.39 is 0 Å². The normalized spacial score (nSPS) is 31.0. The van der Waals surface area contributed by atoms with Crippen molar-refractivity contribution in [2.24, 2.45) is 23.2 Å². The fourth-order valence-corrected chi connectivity index (χ4v) is 7.58. The minimum Gasteiger partial charge on any atom is -0.349 e. The van der Waals surface area contributed by atoms with E-state index in [1.54, 1.807) is 17.3 Å². The Morgan fingerprint density at radius 2 is 1.84 bits per heavy atom. The van der Waals surface area contributed by atoms with Gasteiger partial charge in [0.1, 0.15) is 0 Å². The summed E-state index contributed by atoms with van der Waals surface area (Å²) in [7, 11) is 0. The van der Waals surface area contributed by atoms with Gasteiger partial charge in [-0.2, -0.15) is 0 Å². The van der Waals surface area contributed by atoms with Crippen LogP contribution in [0, 0.1) is 23.2 Å². The minimum absolute atomic E-state index is 0.0583. The monoisotopic (exact) mass is 429 g/mol. The van der Waals surface area contributed by atoms with Crippen molar-refractivity contribution in [3.05, 3.63) is 65.0 Å². The van der Waals surface area contributed by atoms with Crippen LogP contribution in [-0.4, -0.2) is 27.7 Å². The highest BCUT2D eigenvalue weighted by molar-refractivity contribution is 6.09. The molecular formula is C27H31N3O2. The number of amides is 2. The molecule has 1 N–H and O–H groups in total. The van der Waals surface area contributed by atoms with Gasteiger partial charge in [-0.1, -0.05) is 18.2 Å². The molecule has 0 saturated heterocycles. The fourth-order valence-electron chi connectivity index (χ4n) is 7.58. The number of pyridine rings is 1. The molecule has 5 heteroatoms. The molecule has 1 aliphatic heterocycles. The van der Waals surface area contributed by atoms with E-state index in [0.717, 1.165) is 28.9 Å². The molecule has 4 fully saturated rings. The van der Waals surface area contributed by atoms with Gasteiger partial charge >= 0.3 is 0 Å². The molecule has 4 bridgehead atoms. The van der Waals surface area contributed by atoms with Crippen LogP contribution >= 0.6 is 0 Å². The zero-order valence-corrected chi connectivity index (χ0v) is 18.7. The average Bonchev–Trinajstić information content (AvgIpc) is 3.09. The van der Waals surface area contributed by atoms with Crippen LogP contribution < -0.4 is 5.32 Å². The predicted molar refractivity (Wildman–Crippen MR) is 122 cm³/mol. The van der Waals surface area contributed by atoms with Crippen molar-refractivity contribution in [1.29, 1.82) is 0 Å². The molecule has 5 aliphatic rings. The summed E-state index contributed by atoms with van der Waals surface area (Å²) in [5, 5.41) is 3.35. The summed E-state index contributed by atoms with van der Waals surface area (Å²) in [6.07, 6.45) is 11.5. The fraction of sp³-hybridized carbons (Fsp3) is 0.519. The Hall–Kier alpha value is -2.69. The highest BCUT2D eigenvalue weighted by Crippen LogP contribution is 2.61. The highest BCUT2D eigenvalue weighted by atomic mass is 16.2. The van der Waals surface area contributed by atoms with Gasteiger partial charge in [0.15, 0.2) is 0 Å². The summed E-state index contributed by atoms with van der Waals surface area (Å²) in [5.74, 6) is 2.40. The molecule has 5 nitrogen and oxygen atoms in total. The predicted octanol–water partition coefficient (Wildman–Crippen LogP) is 4.57. The number of fused-ring (bicyclic) bond motifs is 1. The highest BCUT2D eigenvalue weighted by Gasteiger charge is 2.53. The number of benzene rings is 1. The summed E-state index contributed by atoms with van der Waals surface area (Å²) in [5.41, 5.74) is 3.28. The molecule has 1 unspecified atom stereocenters. The number of hydrogen-bond donors (Lipinski definition) is 1. The second-order valence-corrected chi connectivity index (χ2v) is 10.8. The van der Waals surface area contributed by atoms with Gasteiger partial charge in [0, 0.05) is 31.5 Å². The lowest BCUT2D eigenvalue weighted by molar-refractivity contribution is -0.0688. The zero-order valence-electron chi connectivity index (χ0n) is 18.7. The van der Waals surface area contributed by atoms with Crippen LogP contribution in [0.25, 0.3) is 0 Å². The van der Waals surface area contributed by atoms with Gasteiger partial charge in [0.05, 0.1) is 11.1 Å². The quantitative estimate of drug-likeness (QED) is 0.757. The number of nitrogens with zero attached hydrogens (tertiary/aromatic N) is 2. The zero-order chi connectivity index (χ0) is 21.9. The summed E-state index contributed by atoms with van der Waals surface area (Å²) in [6, 6.07) is 9.69. The number of aromatic nitrogens is 1. The minimum atomic E-state index is -0.0957. The van der Waals surface area contributed by atoms with E-state index >= 15 is 0 Å². The molecule has 0 spiro atoms. The first-order valence-electron chi connectivity index (χ1n) is 12.1. The van der Waals surface area contributed by atoms with E-state index in [2.05, 4.69) is 17.2 Å². The molecule has 2 amide bonds. The number of rotatable bonds is 5. The largest absolute Gasteiger partial charge is 0.349 e. The Morgan fingerprint density at radius 3 is 2.50 bits per heavy atom. The molecule has 4 aliphatic carbocycles. The first kappa shape index (κ1) is 20.0. The molecule has 7 rings (SSSR count). The Morgan fingerprint density at radius 1 is 1.12 bits per heavy atom. The van der Waals surface area contributed by atoms with E-state index in [1.165, 1.54) is 38.5 Å². The van der Waals surface area contributed by atoms with Crippen LogP contribution in [0.1, 0.15) is 77.3 Å². The number of carbonyl (C=O) groups is 2. The lowest BCUT2D eigenvalue weighted by Crippen LogP contribution is -2.55. The van der Waals surface area contributed by atoms with Crippen LogP contribution in [0.4, 0.5) is 0 Å². The van der Waals surface area contributed by atoms with Crippen LogP contribution in [0.2, 0.25) is 0 Å². The van der Waals surface area contributed by atoms with Crippen LogP contribution in [-0.2, 0) is 13.1 Å². The van der Waals surface area contributed by atoms with Crippen molar-refractivity contribution < 1.29 is 9.59 Å². The Kier molecular flexibility index (Phi) is 4.63. The lowest BCUT2D eigenvalue weighted by atomic mass is 9.48. The summed E-state index contributed by atoms with van der Waals surface area (Å²) in [6.45, 7) is 3.24. The molecule has 1 aromatic carbocycles. The standard InChI is InChI=1S/C27H31N3O2/c1-17(27-11-19-8-20(12-27)10-21(9-19)13-27)29-25(31)23-6-2-5-22-16-30(26(32)24(22)23)15-18-4-3-7-28-14-18/h2-7,14,17,19-21H,8-13,15-16H2,1H3,(H,29,31). The Bertz CT molecular complexity index is 1030. The third-order valence-corrected chi connectivity index (χ3v) is 8.71.